The summed E-state index contributed by atoms with van der Waals surface area (Å²) >= 11 is 0. The number of nitrogens with zero attached hydrogens (tertiary/aromatic N) is 3. The second kappa shape index (κ2) is 5.75. The van der Waals surface area contributed by atoms with Crippen LogP contribution in [0.2, 0.25) is 0 Å². The summed E-state index contributed by atoms with van der Waals surface area (Å²) in [7, 11) is 0. The van der Waals surface area contributed by atoms with Gasteiger partial charge in [0.15, 0.2) is 0 Å². The van der Waals surface area contributed by atoms with Gasteiger partial charge in [0.2, 0.25) is 11.8 Å². The van der Waals surface area contributed by atoms with Gasteiger partial charge < -0.3 is 22.1 Å². The van der Waals surface area contributed by atoms with E-state index in [4.69, 9.17) is 17.2 Å². The van der Waals surface area contributed by atoms with Crippen molar-refractivity contribution in [3.8, 4) is 0 Å². The quantitative estimate of drug-likeness (QED) is 0.509. The highest BCUT2D eigenvalue weighted by atomic mass is 16.2. The number of primary amides is 2. The molecule has 0 aliphatic heterocycles. The molecule has 8 nitrogen and oxygen atoms in total. The number of carbonyl (C=O) groups excluding carboxylic acids is 2. The van der Waals surface area contributed by atoms with Gasteiger partial charge in [-0.15, -0.1) is 0 Å². The van der Waals surface area contributed by atoms with Crippen LogP contribution in [-0.4, -0.2) is 34.9 Å². The molecule has 17 heavy (non-hydrogen) atoms. The molecule has 8 heteroatoms. The van der Waals surface area contributed by atoms with E-state index >= 15 is 0 Å². The predicted molar refractivity (Wildman–Crippen MR) is 60.5 cm³/mol. The molecule has 0 aliphatic carbocycles. The van der Waals surface area contributed by atoms with Crippen LogP contribution in [0.1, 0.15) is 5.69 Å². The lowest BCUT2D eigenvalue weighted by atomic mass is 10.4. The van der Waals surface area contributed by atoms with Gasteiger partial charge in [0, 0.05) is 6.54 Å². The largest absolute Gasteiger partial charge is 0.368 e. The summed E-state index contributed by atoms with van der Waals surface area (Å²) in [5.74, 6) is -0.827. The predicted octanol–water partition coefficient (Wildman–Crippen LogP) is -2.29. The number of rotatable bonds is 6. The lowest BCUT2D eigenvalue weighted by Gasteiger charge is -2.19. The fourth-order valence-corrected chi connectivity index (χ4v) is 1.21. The molecule has 0 saturated heterocycles. The molecule has 92 valence electrons. The molecule has 0 spiro atoms. The summed E-state index contributed by atoms with van der Waals surface area (Å²) in [6.45, 7) is -0.0435. The van der Waals surface area contributed by atoms with Crippen molar-refractivity contribution in [3.05, 3.63) is 18.1 Å². The molecule has 0 bridgehead atoms. The summed E-state index contributed by atoms with van der Waals surface area (Å²) in [4.78, 5) is 31.1. The highest BCUT2D eigenvalue weighted by molar-refractivity contribution is 5.84. The average Bonchev–Trinajstić information content (AvgIpc) is 2.27. The third kappa shape index (κ3) is 4.03. The molecule has 0 unspecified atom stereocenters. The van der Waals surface area contributed by atoms with Crippen LogP contribution >= 0.6 is 0 Å². The normalized spacial score (nSPS) is 9.94. The molecular weight excluding hydrogens is 224 g/mol. The molecule has 1 rings (SSSR count). The smallest absolute Gasteiger partial charge is 0.237 e. The zero-order valence-electron chi connectivity index (χ0n) is 9.17. The molecule has 0 radical (unpaired) electrons. The summed E-state index contributed by atoms with van der Waals surface area (Å²) < 4.78 is 0. The van der Waals surface area contributed by atoms with Gasteiger partial charge in [0.1, 0.15) is 5.82 Å². The first-order valence-electron chi connectivity index (χ1n) is 4.85. The third-order valence-electron chi connectivity index (χ3n) is 1.92. The van der Waals surface area contributed by atoms with Gasteiger partial charge in [0.25, 0.3) is 0 Å². The summed E-state index contributed by atoms with van der Waals surface area (Å²) in [5.41, 5.74) is 16.1. The third-order valence-corrected chi connectivity index (χ3v) is 1.92. The van der Waals surface area contributed by atoms with Crippen LogP contribution in [0.25, 0.3) is 0 Å². The Morgan fingerprint density at radius 1 is 1.12 bits per heavy atom. The summed E-state index contributed by atoms with van der Waals surface area (Å²) in [5, 5.41) is 0. The highest BCUT2D eigenvalue weighted by Gasteiger charge is 2.13. The lowest BCUT2D eigenvalue weighted by molar-refractivity contribution is -0.117. The maximum Gasteiger partial charge on any atom is 0.237 e. The van der Waals surface area contributed by atoms with E-state index in [9.17, 15) is 9.59 Å². The van der Waals surface area contributed by atoms with Crippen LogP contribution in [0.4, 0.5) is 5.82 Å². The van der Waals surface area contributed by atoms with E-state index in [1.807, 2.05) is 0 Å². The second-order valence-electron chi connectivity index (χ2n) is 3.36. The van der Waals surface area contributed by atoms with E-state index in [1.165, 1.54) is 17.3 Å². The van der Waals surface area contributed by atoms with Crippen molar-refractivity contribution in [1.82, 2.24) is 9.97 Å². The van der Waals surface area contributed by atoms with Gasteiger partial charge in [-0.05, 0) is 0 Å². The Bertz CT molecular complexity index is 388. The zero-order chi connectivity index (χ0) is 12.8. The molecule has 1 heterocycles. The van der Waals surface area contributed by atoms with E-state index in [2.05, 4.69) is 9.97 Å². The van der Waals surface area contributed by atoms with Crippen molar-refractivity contribution in [2.24, 2.45) is 17.2 Å². The van der Waals surface area contributed by atoms with Gasteiger partial charge in [-0.25, -0.2) is 4.98 Å². The Morgan fingerprint density at radius 2 is 1.71 bits per heavy atom. The Hall–Kier alpha value is -2.22. The minimum atomic E-state index is -0.587. The number of nitrogens with two attached hydrogens (primary N) is 3. The number of anilines is 1. The van der Waals surface area contributed by atoms with Crippen molar-refractivity contribution in [1.29, 1.82) is 0 Å². The standard InChI is InChI=1S/C9H14N6O2/c10-1-6-2-14-9(3-13-6)15(4-7(11)16)5-8(12)17/h2-3H,1,4-5,10H2,(H2,11,16)(H2,12,17). The van der Waals surface area contributed by atoms with Crippen molar-refractivity contribution >= 4 is 17.6 Å². The number of amides is 2. The van der Waals surface area contributed by atoms with Crippen LogP contribution in [0.15, 0.2) is 12.4 Å². The number of aromatic nitrogens is 2. The van der Waals surface area contributed by atoms with Crippen LogP contribution in [0.5, 0.6) is 0 Å². The van der Waals surface area contributed by atoms with E-state index < -0.39 is 11.8 Å². The molecule has 6 N–H and O–H groups in total. The first-order valence-corrected chi connectivity index (χ1v) is 4.85. The van der Waals surface area contributed by atoms with E-state index in [1.54, 1.807) is 0 Å². The van der Waals surface area contributed by atoms with Crippen molar-refractivity contribution in [2.45, 2.75) is 6.54 Å². The van der Waals surface area contributed by atoms with Crippen LogP contribution in [-0.2, 0) is 16.1 Å². The van der Waals surface area contributed by atoms with E-state index in [0.717, 1.165) is 0 Å². The van der Waals surface area contributed by atoms with Gasteiger partial charge in [-0.1, -0.05) is 0 Å². The van der Waals surface area contributed by atoms with Crippen molar-refractivity contribution < 1.29 is 9.59 Å². The second-order valence-corrected chi connectivity index (χ2v) is 3.36. The molecule has 1 aromatic rings. The molecule has 0 aromatic carbocycles. The SMILES string of the molecule is NCc1cnc(N(CC(N)=O)CC(N)=O)cn1. The number of hydrogen-bond acceptors (Lipinski definition) is 6. The topological polar surface area (TPSA) is 141 Å². The molecule has 0 saturated carbocycles. The van der Waals surface area contributed by atoms with Crippen LogP contribution in [0, 0.1) is 0 Å². The van der Waals surface area contributed by atoms with Gasteiger partial charge >= 0.3 is 0 Å². The number of carbonyl (C=O) groups is 2. The van der Waals surface area contributed by atoms with Crippen LogP contribution in [0.3, 0.4) is 0 Å². The van der Waals surface area contributed by atoms with Gasteiger partial charge in [0.05, 0.1) is 31.2 Å². The van der Waals surface area contributed by atoms with Crippen molar-refractivity contribution in [3.63, 3.8) is 0 Å². The fourth-order valence-electron chi connectivity index (χ4n) is 1.21. The maximum absolute atomic E-state index is 10.8. The Balaban J connectivity index is 2.86. The maximum atomic E-state index is 10.8. The number of hydrogen-bond donors (Lipinski definition) is 3. The minimum absolute atomic E-state index is 0.153. The first-order chi connectivity index (χ1) is 8.02. The molecule has 0 fully saturated rings. The van der Waals surface area contributed by atoms with Crippen molar-refractivity contribution in [2.75, 3.05) is 18.0 Å². The van der Waals surface area contributed by atoms with E-state index in [0.29, 0.717) is 11.5 Å². The molecule has 0 atom stereocenters. The monoisotopic (exact) mass is 238 g/mol. The molecule has 0 aliphatic rings. The zero-order valence-corrected chi connectivity index (χ0v) is 9.17. The van der Waals surface area contributed by atoms with Crippen LogP contribution < -0.4 is 22.1 Å². The molecular formula is C9H14N6O2. The molecule has 1 aromatic heterocycles. The fraction of sp³-hybridized carbons (Fsp3) is 0.333. The first kappa shape index (κ1) is 12.8. The van der Waals surface area contributed by atoms with Gasteiger partial charge in [-0.2, -0.15) is 0 Å². The lowest BCUT2D eigenvalue weighted by Crippen LogP contribution is -2.40. The Morgan fingerprint density at radius 3 is 2.06 bits per heavy atom. The summed E-state index contributed by atoms with van der Waals surface area (Å²) in [6.07, 6.45) is 2.87. The molecule has 2 amide bonds. The Labute approximate surface area is 97.8 Å². The highest BCUT2D eigenvalue weighted by Crippen LogP contribution is 2.07. The summed E-state index contributed by atoms with van der Waals surface area (Å²) in [6, 6.07) is 0. The Kier molecular flexibility index (Phi) is 4.35. The van der Waals surface area contributed by atoms with Gasteiger partial charge in [-0.3, -0.25) is 14.6 Å². The van der Waals surface area contributed by atoms with E-state index in [-0.39, 0.29) is 19.6 Å². The average molecular weight is 238 g/mol. The minimum Gasteiger partial charge on any atom is -0.368 e.